The van der Waals surface area contributed by atoms with Crippen molar-refractivity contribution < 1.29 is 23.9 Å². The molecule has 10 heteroatoms. The minimum Gasteiger partial charge on any atom is -0.451 e. The molecule has 1 unspecified atom stereocenters. The largest absolute Gasteiger partial charge is 0.451 e. The molecule has 0 saturated carbocycles. The number of carbonyl (C=O) groups is 4. The number of nitrogens with one attached hydrogen (secondary N) is 1. The van der Waals surface area contributed by atoms with Gasteiger partial charge in [-0.05, 0) is 31.2 Å². The standard InChI is InChI=1S/C19H13Cl3N2O5/c1-9(17(26)23-16-13(21)6-10(20)7-14(16)22)29-15(25)8-24-18(27)11-4-2-3-5-12(11)19(24)28/h2-7,9H,8H2,1H3,(H,23,26). The van der Waals surface area contributed by atoms with Crippen molar-refractivity contribution in [2.45, 2.75) is 13.0 Å². The van der Waals surface area contributed by atoms with Gasteiger partial charge in [0, 0.05) is 5.02 Å². The molecule has 2 aromatic carbocycles. The topological polar surface area (TPSA) is 92.8 Å². The summed E-state index contributed by atoms with van der Waals surface area (Å²) in [5.74, 6) is -2.82. The van der Waals surface area contributed by atoms with E-state index < -0.39 is 36.3 Å². The number of esters is 1. The van der Waals surface area contributed by atoms with E-state index in [0.717, 1.165) is 4.90 Å². The molecule has 0 radical (unpaired) electrons. The van der Waals surface area contributed by atoms with Crippen LogP contribution in [0.4, 0.5) is 5.69 Å². The van der Waals surface area contributed by atoms with Crippen LogP contribution in [0.3, 0.4) is 0 Å². The maximum absolute atomic E-state index is 12.3. The summed E-state index contributed by atoms with van der Waals surface area (Å²) in [7, 11) is 0. The fraction of sp³-hybridized carbons (Fsp3) is 0.158. The Morgan fingerprint density at radius 2 is 1.55 bits per heavy atom. The number of carbonyl (C=O) groups excluding carboxylic acids is 4. The van der Waals surface area contributed by atoms with Crippen LogP contribution in [0.25, 0.3) is 0 Å². The monoisotopic (exact) mass is 454 g/mol. The molecule has 1 N–H and O–H groups in total. The fourth-order valence-electron chi connectivity index (χ4n) is 2.69. The summed E-state index contributed by atoms with van der Waals surface area (Å²) < 4.78 is 5.04. The Morgan fingerprint density at radius 1 is 1.03 bits per heavy atom. The molecule has 3 amide bonds. The predicted octanol–water partition coefficient (Wildman–Crippen LogP) is 3.81. The van der Waals surface area contributed by atoms with E-state index in [1.807, 2.05) is 0 Å². The zero-order valence-electron chi connectivity index (χ0n) is 14.9. The van der Waals surface area contributed by atoms with Crippen molar-refractivity contribution >= 4 is 64.2 Å². The van der Waals surface area contributed by atoms with Crippen LogP contribution < -0.4 is 5.32 Å². The first-order chi connectivity index (χ1) is 13.7. The Morgan fingerprint density at radius 3 is 2.07 bits per heavy atom. The molecule has 1 atom stereocenters. The second kappa shape index (κ2) is 8.41. The lowest BCUT2D eigenvalue weighted by atomic mass is 10.1. The maximum Gasteiger partial charge on any atom is 0.326 e. The van der Waals surface area contributed by atoms with Gasteiger partial charge in [-0.2, -0.15) is 0 Å². The summed E-state index contributed by atoms with van der Waals surface area (Å²) >= 11 is 17.8. The van der Waals surface area contributed by atoms with Crippen LogP contribution in [0.2, 0.25) is 15.1 Å². The van der Waals surface area contributed by atoms with Crippen LogP contribution in [0, 0.1) is 0 Å². The lowest BCUT2D eigenvalue weighted by Gasteiger charge is -2.17. The summed E-state index contributed by atoms with van der Waals surface area (Å²) in [4.78, 5) is 49.8. The summed E-state index contributed by atoms with van der Waals surface area (Å²) in [6, 6.07) is 9.01. The Kier molecular flexibility index (Phi) is 6.12. The van der Waals surface area contributed by atoms with E-state index in [9.17, 15) is 19.2 Å². The first-order valence-electron chi connectivity index (χ1n) is 8.29. The number of nitrogens with zero attached hydrogens (tertiary/aromatic N) is 1. The molecule has 1 aliphatic rings. The van der Waals surface area contributed by atoms with Crippen molar-refractivity contribution in [3.63, 3.8) is 0 Å². The highest BCUT2D eigenvalue weighted by molar-refractivity contribution is 6.42. The zero-order chi connectivity index (χ0) is 21.3. The number of halogens is 3. The molecular weight excluding hydrogens is 443 g/mol. The number of ether oxygens (including phenoxy) is 1. The second-order valence-electron chi connectivity index (χ2n) is 6.11. The highest BCUT2D eigenvalue weighted by Gasteiger charge is 2.37. The number of anilines is 1. The van der Waals surface area contributed by atoms with E-state index >= 15 is 0 Å². The number of fused-ring (bicyclic) bond motifs is 1. The molecule has 0 bridgehead atoms. The minimum absolute atomic E-state index is 0.111. The molecule has 3 rings (SSSR count). The summed E-state index contributed by atoms with van der Waals surface area (Å²) in [6.45, 7) is 0.708. The van der Waals surface area contributed by atoms with E-state index in [1.165, 1.54) is 31.2 Å². The van der Waals surface area contributed by atoms with Gasteiger partial charge in [-0.25, -0.2) is 0 Å². The molecule has 1 heterocycles. The molecule has 150 valence electrons. The van der Waals surface area contributed by atoms with E-state index in [1.54, 1.807) is 12.1 Å². The van der Waals surface area contributed by atoms with E-state index in [2.05, 4.69) is 5.32 Å². The van der Waals surface area contributed by atoms with Gasteiger partial charge in [0.05, 0.1) is 26.9 Å². The van der Waals surface area contributed by atoms with Crippen molar-refractivity contribution in [3.05, 3.63) is 62.6 Å². The Bertz CT molecular complexity index is 982. The zero-order valence-corrected chi connectivity index (χ0v) is 17.1. The van der Waals surface area contributed by atoms with Gasteiger partial charge in [0.25, 0.3) is 17.7 Å². The third-order valence-electron chi connectivity index (χ3n) is 4.10. The Hall–Kier alpha value is -2.61. The first-order valence-corrected chi connectivity index (χ1v) is 9.42. The molecule has 0 spiro atoms. The van der Waals surface area contributed by atoms with Gasteiger partial charge in [-0.15, -0.1) is 0 Å². The van der Waals surface area contributed by atoms with Crippen LogP contribution in [0.5, 0.6) is 0 Å². The van der Waals surface area contributed by atoms with Crippen LogP contribution in [-0.4, -0.2) is 41.2 Å². The number of amides is 3. The summed E-state index contributed by atoms with van der Waals surface area (Å²) in [5, 5.41) is 2.96. The Labute approximate surface area is 180 Å². The molecule has 0 aliphatic carbocycles. The highest BCUT2D eigenvalue weighted by atomic mass is 35.5. The highest BCUT2D eigenvalue weighted by Crippen LogP contribution is 2.33. The third kappa shape index (κ3) is 4.37. The average molecular weight is 456 g/mol. The molecular formula is C19H13Cl3N2O5. The van der Waals surface area contributed by atoms with Gasteiger partial charge in [-0.3, -0.25) is 24.1 Å². The molecule has 2 aromatic rings. The quantitative estimate of drug-likeness (QED) is 0.547. The first kappa shape index (κ1) is 21.1. The van der Waals surface area contributed by atoms with Gasteiger partial charge in [0.15, 0.2) is 6.10 Å². The maximum atomic E-state index is 12.3. The molecule has 0 fully saturated rings. The molecule has 7 nitrogen and oxygen atoms in total. The molecule has 0 saturated heterocycles. The van der Waals surface area contributed by atoms with E-state index in [-0.39, 0.29) is 26.9 Å². The second-order valence-corrected chi connectivity index (χ2v) is 7.36. The SMILES string of the molecule is CC(OC(=O)CN1C(=O)c2ccccc2C1=O)C(=O)Nc1c(Cl)cc(Cl)cc1Cl. The van der Waals surface area contributed by atoms with Gasteiger partial charge in [0.1, 0.15) is 6.54 Å². The van der Waals surface area contributed by atoms with E-state index in [4.69, 9.17) is 39.5 Å². The Balaban J connectivity index is 1.62. The number of rotatable bonds is 5. The van der Waals surface area contributed by atoms with E-state index in [0.29, 0.717) is 5.02 Å². The molecule has 1 aliphatic heterocycles. The number of hydrogen-bond acceptors (Lipinski definition) is 5. The average Bonchev–Trinajstić information content (AvgIpc) is 2.89. The number of imide groups is 1. The fourth-order valence-corrected chi connectivity index (χ4v) is 3.60. The lowest BCUT2D eigenvalue weighted by molar-refractivity contribution is -0.153. The van der Waals surface area contributed by atoms with Crippen LogP contribution in [-0.2, 0) is 14.3 Å². The number of benzene rings is 2. The van der Waals surface area contributed by atoms with Crippen LogP contribution in [0.1, 0.15) is 27.6 Å². The predicted molar refractivity (Wildman–Crippen MR) is 107 cm³/mol. The molecule has 0 aromatic heterocycles. The molecule has 29 heavy (non-hydrogen) atoms. The van der Waals surface area contributed by atoms with Gasteiger partial charge in [-0.1, -0.05) is 46.9 Å². The smallest absolute Gasteiger partial charge is 0.326 e. The van der Waals surface area contributed by atoms with Gasteiger partial charge in [0.2, 0.25) is 0 Å². The minimum atomic E-state index is -1.24. The van der Waals surface area contributed by atoms with Crippen molar-refractivity contribution in [1.82, 2.24) is 4.90 Å². The third-order valence-corrected chi connectivity index (χ3v) is 4.91. The lowest BCUT2D eigenvalue weighted by Crippen LogP contribution is -2.38. The normalized spacial score (nSPS) is 13.9. The van der Waals surface area contributed by atoms with Gasteiger partial charge >= 0.3 is 5.97 Å². The van der Waals surface area contributed by atoms with Gasteiger partial charge < -0.3 is 10.1 Å². The van der Waals surface area contributed by atoms with Crippen molar-refractivity contribution in [2.75, 3.05) is 11.9 Å². The van der Waals surface area contributed by atoms with Crippen LogP contribution in [0.15, 0.2) is 36.4 Å². The summed E-state index contributed by atoms with van der Waals surface area (Å²) in [6.07, 6.45) is -1.24. The summed E-state index contributed by atoms with van der Waals surface area (Å²) in [5.41, 5.74) is 0.539. The van der Waals surface area contributed by atoms with Crippen molar-refractivity contribution in [2.24, 2.45) is 0 Å². The van der Waals surface area contributed by atoms with Crippen molar-refractivity contribution in [1.29, 1.82) is 0 Å². The van der Waals surface area contributed by atoms with Crippen molar-refractivity contribution in [3.8, 4) is 0 Å². The van der Waals surface area contributed by atoms with Crippen LogP contribution >= 0.6 is 34.8 Å². The number of hydrogen-bond donors (Lipinski definition) is 1.